The summed E-state index contributed by atoms with van der Waals surface area (Å²) in [6.07, 6.45) is 5.43. The molecule has 0 aliphatic carbocycles. The van der Waals surface area contributed by atoms with Crippen molar-refractivity contribution in [3.63, 3.8) is 0 Å². The van der Waals surface area contributed by atoms with Crippen LogP contribution in [0, 0.1) is 5.82 Å². The van der Waals surface area contributed by atoms with Gasteiger partial charge in [-0.05, 0) is 48.6 Å². The molecule has 14 heteroatoms. The molecule has 2 aliphatic rings. The van der Waals surface area contributed by atoms with Gasteiger partial charge >= 0.3 is 6.01 Å². The Morgan fingerprint density at radius 1 is 1.04 bits per heavy atom. The van der Waals surface area contributed by atoms with Gasteiger partial charge in [-0.1, -0.05) is 62.7 Å². The van der Waals surface area contributed by atoms with Crippen LogP contribution in [0.3, 0.4) is 0 Å². The maximum Gasteiger partial charge on any atom is 0.319 e. The van der Waals surface area contributed by atoms with Crippen LogP contribution < -0.4 is 20.3 Å². The lowest BCUT2D eigenvalue weighted by Gasteiger charge is -2.34. The van der Waals surface area contributed by atoms with Crippen molar-refractivity contribution in [1.29, 1.82) is 0 Å². The Balaban J connectivity index is 1.05. The topological polar surface area (TPSA) is 123 Å². The zero-order chi connectivity index (χ0) is 35.3. The number of hydrogen-bond donors (Lipinski definition) is 2. The van der Waals surface area contributed by atoms with Crippen LogP contribution in [0.4, 0.5) is 15.9 Å². The van der Waals surface area contributed by atoms with Crippen molar-refractivity contribution >= 4 is 62.6 Å². The van der Waals surface area contributed by atoms with Crippen LogP contribution in [0.2, 0.25) is 5.02 Å². The van der Waals surface area contributed by atoms with E-state index in [0.29, 0.717) is 58.0 Å². The van der Waals surface area contributed by atoms with Crippen molar-refractivity contribution in [3.05, 3.63) is 89.9 Å². The smallest absolute Gasteiger partial charge is 0.319 e. The van der Waals surface area contributed by atoms with Crippen molar-refractivity contribution in [3.8, 4) is 17.3 Å². The Hall–Kier alpha value is -4.85. The third-order valence-corrected chi connectivity index (χ3v) is 10.2. The maximum absolute atomic E-state index is 16.6. The summed E-state index contributed by atoms with van der Waals surface area (Å²) in [5, 5.41) is 13.5. The summed E-state index contributed by atoms with van der Waals surface area (Å²) in [6.45, 7) is 7.22. The minimum absolute atomic E-state index is 0.0606. The number of benzene rings is 3. The van der Waals surface area contributed by atoms with Crippen molar-refractivity contribution in [2.75, 3.05) is 29.9 Å². The fourth-order valence-electron chi connectivity index (χ4n) is 6.65. The second-order valence-corrected chi connectivity index (χ2v) is 15.3. The second-order valence-electron chi connectivity index (χ2n) is 13.9. The molecule has 2 N–H and O–H groups in total. The standard InChI is InChI=1S/C37H35ClFN9O2S/c1-37(2,3)35-41-20-48(46-35)51-25-14-12-22(13-15-25)43-29(49)19-50-36-44-33-27(34(45-36)47-17-23-10-11-24(18-47)42-23)16-40-32(31(33)39)26-8-4-6-21-7-5-9-28(38)30(21)26/h4-9,12-16,20,23-24,42H,10-11,17-19H2,1-3H3,(H,43,49). The fraction of sp³-hybridized carbons (Fsp3) is 0.297. The van der Waals surface area contributed by atoms with Gasteiger partial charge in [-0.3, -0.25) is 9.78 Å². The molecule has 2 atom stereocenters. The summed E-state index contributed by atoms with van der Waals surface area (Å²) in [7, 11) is 0. The summed E-state index contributed by atoms with van der Waals surface area (Å²) >= 11 is 8.02. The number of carbonyl (C=O) groups is 1. The van der Waals surface area contributed by atoms with Crippen molar-refractivity contribution in [1.82, 2.24) is 34.4 Å². The highest BCUT2D eigenvalue weighted by molar-refractivity contribution is 7.97. The number of nitrogens with zero attached hydrogens (tertiary/aromatic N) is 7. The van der Waals surface area contributed by atoms with Gasteiger partial charge in [-0.15, -0.1) is 5.10 Å². The zero-order valence-corrected chi connectivity index (χ0v) is 29.8. The Morgan fingerprint density at radius 3 is 2.51 bits per heavy atom. The molecule has 0 saturated carbocycles. The Morgan fingerprint density at radius 2 is 1.78 bits per heavy atom. The highest BCUT2D eigenvalue weighted by atomic mass is 35.5. The molecular weight excluding hydrogens is 689 g/mol. The number of carbonyl (C=O) groups excluding carboxylic acids is 1. The molecule has 3 aromatic carbocycles. The second kappa shape index (κ2) is 13.4. The normalized spacial score (nSPS) is 17.3. The van der Waals surface area contributed by atoms with Crippen molar-refractivity contribution in [2.24, 2.45) is 0 Å². The predicted molar refractivity (Wildman–Crippen MR) is 198 cm³/mol. The van der Waals surface area contributed by atoms with Gasteiger partial charge in [0.05, 0.1) is 5.39 Å². The van der Waals surface area contributed by atoms with E-state index in [0.717, 1.165) is 28.9 Å². The quantitative estimate of drug-likeness (QED) is 0.169. The molecule has 51 heavy (non-hydrogen) atoms. The lowest BCUT2D eigenvalue weighted by atomic mass is 9.96. The number of nitrogens with one attached hydrogen (secondary N) is 2. The van der Waals surface area contributed by atoms with E-state index in [1.807, 2.05) is 36.4 Å². The molecule has 3 aromatic heterocycles. The van der Waals surface area contributed by atoms with Gasteiger partial charge in [0, 0.05) is 75.3 Å². The molecule has 2 saturated heterocycles. The number of piperazine rings is 1. The number of ether oxygens (including phenoxy) is 1. The Bertz CT molecular complexity index is 2260. The number of hydrogen-bond acceptors (Lipinski definition) is 10. The van der Waals surface area contributed by atoms with E-state index < -0.39 is 11.7 Å². The largest absolute Gasteiger partial charge is 0.453 e. The number of fused-ring (bicyclic) bond motifs is 4. The molecule has 0 spiro atoms. The minimum atomic E-state index is -0.616. The molecule has 260 valence electrons. The summed E-state index contributed by atoms with van der Waals surface area (Å²) in [6, 6.07) is 19.0. The van der Waals surface area contributed by atoms with Crippen molar-refractivity contribution in [2.45, 2.75) is 56.0 Å². The van der Waals surface area contributed by atoms with E-state index in [1.165, 1.54) is 11.9 Å². The number of halogens is 2. The highest BCUT2D eigenvalue weighted by Gasteiger charge is 2.34. The summed E-state index contributed by atoms with van der Waals surface area (Å²) in [5.41, 5.74) is 1.18. The zero-order valence-electron chi connectivity index (χ0n) is 28.2. The minimum Gasteiger partial charge on any atom is -0.453 e. The molecule has 2 bridgehead atoms. The summed E-state index contributed by atoms with van der Waals surface area (Å²) < 4.78 is 24.2. The first-order chi connectivity index (χ1) is 24.6. The molecule has 0 radical (unpaired) electrons. The van der Waals surface area contributed by atoms with Gasteiger partial charge in [0.15, 0.2) is 18.2 Å². The molecule has 8 rings (SSSR count). The molecular formula is C37H35ClFN9O2S. The van der Waals surface area contributed by atoms with Crippen LogP contribution in [-0.2, 0) is 10.2 Å². The summed E-state index contributed by atoms with van der Waals surface area (Å²) in [4.78, 5) is 34.3. The van der Waals surface area contributed by atoms with Gasteiger partial charge < -0.3 is 20.3 Å². The van der Waals surface area contributed by atoms with Gasteiger partial charge in [-0.25, -0.2) is 9.37 Å². The molecule has 11 nitrogen and oxygen atoms in total. The Kier molecular flexibility index (Phi) is 8.73. The van der Waals surface area contributed by atoms with Gasteiger partial charge in [-0.2, -0.15) is 14.1 Å². The average molecular weight is 724 g/mol. The van der Waals surface area contributed by atoms with Gasteiger partial charge in [0.1, 0.15) is 23.4 Å². The van der Waals surface area contributed by atoms with Crippen LogP contribution in [0.1, 0.15) is 39.4 Å². The van der Waals surface area contributed by atoms with E-state index >= 15 is 4.39 Å². The van der Waals surface area contributed by atoms with E-state index in [4.69, 9.17) is 21.3 Å². The van der Waals surface area contributed by atoms with Crippen LogP contribution in [0.25, 0.3) is 32.9 Å². The molecule has 1 amide bonds. The van der Waals surface area contributed by atoms with Crippen LogP contribution >= 0.6 is 23.5 Å². The van der Waals surface area contributed by atoms with E-state index in [1.54, 1.807) is 40.9 Å². The first-order valence-electron chi connectivity index (χ1n) is 16.8. The Labute approximate surface area is 303 Å². The van der Waals surface area contributed by atoms with E-state index in [9.17, 15) is 4.79 Å². The van der Waals surface area contributed by atoms with Gasteiger partial charge in [0.2, 0.25) is 0 Å². The lowest BCUT2D eigenvalue weighted by Crippen LogP contribution is -2.51. The van der Waals surface area contributed by atoms with Gasteiger partial charge in [0.25, 0.3) is 5.91 Å². The van der Waals surface area contributed by atoms with Crippen LogP contribution in [0.15, 0.2) is 78.1 Å². The molecule has 2 aliphatic heterocycles. The molecule has 2 unspecified atom stereocenters. The molecule has 6 aromatic rings. The summed E-state index contributed by atoms with van der Waals surface area (Å²) in [5.74, 6) is 0.261. The number of anilines is 2. The number of pyridine rings is 1. The SMILES string of the molecule is CC(C)(C)c1ncn(Sc2ccc(NC(=O)COc3nc(N4CC5CCC(C4)N5)c4cnc(-c5cccc6cccc(Cl)c56)c(F)c4n3)cc2)n1. The monoisotopic (exact) mass is 723 g/mol. The molecule has 5 heterocycles. The first-order valence-corrected chi connectivity index (χ1v) is 17.9. The number of amides is 1. The average Bonchev–Trinajstić information content (AvgIpc) is 3.73. The number of rotatable bonds is 8. The highest BCUT2D eigenvalue weighted by Crippen LogP contribution is 2.38. The van der Waals surface area contributed by atoms with E-state index in [2.05, 4.69) is 56.4 Å². The fourth-order valence-corrected chi connectivity index (χ4v) is 7.62. The van der Waals surface area contributed by atoms with Crippen LogP contribution in [0.5, 0.6) is 6.01 Å². The maximum atomic E-state index is 16.6. The van der Waals surface area contributed by atoms with Crippen LogP contribution in [-0.4, -0.2) is 66.8 Å². The van der Waals surface area contributed by atoms with Crippen molar-refractivity contribution < 1.29 is 13.9 Å². The van der Waals surface area contributed by atoms with E-state index in [-0.39, 0.29) is 29.2 Å². The number of aromatic nitrogens is 6. The molecule has 2 fully saturated rings. The predicted octanol–water partition coefficient (Wildman–Crippen LogP) is 7.04. The first kappa shape index (κ1) is 33.3. The lowest BCUT2D eigenvalue weighted by molar-refractivity contribution is -0.118. The third-order valence-electron chi connectivity index (χ3n) is 9.08. The third kappa shape index (κ3) is 6.80.